The van der Waals surface area contributed by atoms with Gasteiger partial charge < -0.3 is 14.5 Å². The molecule has 2 heterocycles. The summed E-state index contributed by atoms with van der Waals surface area (Å²) < 4.78 is 10.3. The van der Waals surface area contributed by atoms with E-state index in [2.05, 4.69) is 10.3 Å². The summed E-state index contributed by atoms with van der Waals surface area (Å²) in [4.78, 5) is 28.4. The first-order valence-electron chi connectivity index (χ1n) is 7.62. The summed E-state index contributed by atoms with van der Waals surface area (Å²) in [5.74, 6) is -0.268. The molecule has 3 rings (SSSR count). The summed E-state index contributed by atoms with van der Waals surface area (Å²) in [7, 11) is 1.27. The molecule has 0 bridgehead atoms. The van der Waals surface area contributed by atoms with Crippen LogP contribution in [0.4, 0.5) is 5.69 Å². The highest BCUT2D eigenvalue weighted by atomic mass is 32.2. The number of hydrogen-bond acceptors (Lipinski definition) is 6. The largest absolute Gasteiger partial charge is 0.463 e. The first-order chi connectivity index (χ1) is 12.2. The van der Waals surface area contributed by atoms with Crippen LogP contribution in [-0.2, 0) is 9.53 Å². The molecule has 0 spiro atoms. The number of carbonyl (C=O) groups is 2. The molecule has 0 saturated heterocycles. The van der Waals surface area contributed by atoms with E-state index in [0.29, 0.717) is 22.4 Å². The van der Waals surface area contributed by atoms with Crippen LogP contribution >= 0.6 is 11.8 Å². The number of benzene rings is 1. The van der Waals surface area contributed by atoms with Crippen LogP contribution in [0.2, 0.25) is 0 Å². The molecule has 0 aliphatic rings. The summed E-state index contributed by atoms with van der Waals surface area (Å²) in [5.41, 5.74) is 0.858. The molecule has 6 nitrogen and oxygen atoms in total. The topological polar surface area (TPSA) is 81.4 Å². The Hall–Kier alpha value is -2.80. The number of nitrogens with zero attached hydrogens (tertiary/aromatic N) is 1. The highest BCUT2D eigenvalue weighted by Gasteiger charge is 2.22. The number of para-hydroxylation sites is 1. The van der Waals surface area contributed by atoms with E-state index in [1.54, 1.807) is 24.4 Å². The molecule has 128 valence electrons. The number of carbonyl (C=O) groups excluding carboxylic acids is 2. The first kappa shape index (κ1) is 17.0. The fourth-order valence-electron chi connectivity index (χ4n) is 2.29. The molecule has 7 heteroatoms. The number of methoxy groups -OCH3 is 1. The van der Waals surface area contributed by atoms with Crippen LogP contribution in [0.25, 0.3) is 11.0 Å². The lowest BCUT2D eigenvalue weighted by atomic mass is 10.2. The lowest BCUT2D eigenvalue weighted by molar-refractivity contribution is -0.115. The summed E-state index contributed by atoms with van der Waals surface area (Å²) >= 11 is 1.49. The van der Waals surface area contributed by atoms with Gasteiger partial charge in [-0.25, -0.2) is 9.78 Å². The minimum atomic E-state index is -0.630. The van der Waals surface area contributed by atoms with Crippen LogP contribution < -0.4 is 5.32 Å². The predicted octanol–water partition coefficient (Wildman–Crippen LogP) is 3.74. The molecule has 0 aliphatic heterocycles. The van der Waals surface area contributed by atoms with Crippen molar-refractivity contribution in [3.8, 4) is 0 Å². The molecule has 1 N–H and O–H groups in total. The molecule has 25 heavy (non-hydrogen) atoms. The maximum atomic E-state index is 12.3. The normalized spacial score (nSPS) is 10.6. The van der Waals surface area contributed by atoms with Crippen molar-refractivity contribution in [1.82, 2.24) is 4.98 Å². The second-order valence-electron chi connectivity index (χ2n) is 5.11. The molecule has 2 aromatic heterocycles. The van der Waals surface area contributed by atoms with E-state index in [1.165, 1.54) is 18.9 Å². The fourth-order valence-corrected chi connectivity index (χ4v) is 3.10. The number of pyridine rings is 1. The molecule has 0 radical (unpaired) electrons. The number of esters is 1. The summed E-state index contributed by atoms with van der Waals surface area (Å²) in [6.45, 7) is 0. The second-order valence-corrected chi connectivity index (χ2v) is 6.22. The van der Waals surface area contributed by atoms with E-state index in [-0.39, 0.29) is 18.1 Å². The van der Waals surface area contributed by atoms with Gasteiger partial charge in [0.2, 0.25) is 11.7 Å². The number of nitrogens with one attached hydrogen (secondary N) is 1. The van der Waals surface area contributed by atoms with Crippen molar-refractivity contribution in [1.29, 1.82) is 0 Å². The van der Waals surface area contributed by atoms with Gasteiger partial charge in [0.1, 0.15) is 11.3 Å². The van der Waals surface area contributed by atoms with Gasteiger partial charge in [0.05, 0.1) is 12.1 Å². The highest BCUT2D eigenvalue weighted by molar-refractivity contribution is 7.99. The molecule has 0 fully saturated rings. The van der Waals surface area contributed by atoms with Crippen LogP contribution in [-0.4, -0.2) is 29.7 Å². The number of hydrogen-bond donors (Lipinski definition) is 1. The van der Waals surface area contributed by atoms with Crippen molar-refractivity contribution in [2.45, 2.75) is 11.4 Å². The van der Waals surface area contributed by atoms with Gasteiger partial charge in [-0.05, 0) is 24.3 Å². The van der Waals surface area contributed by atoms with Crippen molar-refractivity contribution < 1.29 is 18.7 Å². The number of fused-ring (bicyclic) bond motifs is 1. The van der Waals surface area contributed by atoms with E-state index < -0.39 is 5.97 Å². The van der Waals surface area contributed by atoms with Crippen LogP contribution in [0, 0.1) is 0 Å². The van der Waals surface area contributed by atoms with Gasteiger partial charge in [-0.15, -0.1) is 11.8 Å². The average molecular weight is 356 g/mol. The lowest BCUT2D eigenvalue weighted by Crippen LogP contribution is -2.14. The van der Waals surface area contributed by atoms with Crippen LogP contribution in [0.15, 0.2) is 58.1 Å². The molecule has 3 aromatic rings. The molecule has 0 aliphatic carbocycles. The third-order valence-corrected chi connectivity index (χ3v) is 4.39. The van der Waals surface area contributed by atoms with Crippen molar-refractivity contribution in [3.05, 3.63) is 54.4 Å². The Morgan fingerprint density at radius 1 is 1.20 bits per heavy atom. The minimum absolute atomic E-state index is 0.00516. The average Bonchev–Trinajstić information content (AvgIpc) is 3.00. The summed E-state index contributed by atoms with van der Waals surface area (Å²) in [6, 6.07) is 12.7. The zero-order valence-corrected chi connectivity index (χ0v) is 14.3. The van der Waals surface area contributed by atoms with Gasteiger partial charge in [-0.3, -0.25) is 4.79 Å². The second kappa shape index (κ2) is 7.85. The molecule has 1 aromatic carbocycles. The van der Waals surface area contributed by atoms with Gasteiger partial charge in [-0.1, -0.05) is 18.2 Å². The number of ether oxygens (including phenoxy) is 1. The number of anilines is 1. The van der Waals surface area contributed by atoms with E-state index in [9.17, 15) is 9.59 Å². The minimum Gasteiger partial charge on any atom is -0.463 e. The Bertz CT molecular complexity index is 892. The Balaban J connectivity index is 1.71. The Morgan fingerprint density at radius 2 is 2.00 bits per heavy atom. The third-order valence-electron chi connectivity index (χ3n) is 3.45. The molecule has 0 unspecified atom stereocenters. The zero-order chi connectivity index (χ0) is 17.6. The predicted molar refractivity (Wildman–Crippen MR) is 95.8 cm³/mol. The van der Waals surface area contributed by atoms with Crippen molar-refractivity contribution >= 4 is 40.3 Å². The fraction of sp³-hybridized carbons (Fsp3) is 0.167. The molecule has 0 saturated carbocycles. The quantitative estimate of drug-likeness (QED) is 0.535. The van der Waals surface area contributed by atoms with Crippen LogP contribution in [0.3, 0.4) is 0 Å². The number of furan rings is 1. The van der Waals surface area contributed by atoms with Crippen LogP contribution in [0.5, 0.6) is 0 Å². The molecular weight excluding hydrogens is 340 g/mol. The van der Waals surface area contributed by atoms with Crippen molar-refractivity contribution in [2.24, 2.45) is 0 Å². The number of amides is 1. The zero-order valence-electron chi connectivity index (χ0n) is 13.5. The van der Waals surface area contributed by atoms with Gasteiger partial charge in [0.15, 0.2) is 0 Å². The monoisotopic (exact) mass is 356 g/mol. The molecule has 1 amide bonds. The highest BCUT2D eigenvalue weighted by Crippen LogP contribution is 2.31. The van der Waals surface area contributed by atoms with Gasteiger partial charge in [0, 0.05) is 23.8 Å². The van der Waals surface area contributed by atoms with E-state index >= 15 is 0 Å². The van der Waals surface area contributed by atoms with Gasteiger partial charge in [0.25, 0.3) is 0 Å². The van der Waals surface area contributed by atoms with Gasteiger partial charge in [-0.2, -0.15) is 0 Å². The van der Waals surface area contributed by atoms with E-state index in [0.717, 1.165) is 5.03 Å². The number of aromatic nitrogens is 1. The third kappa shape index (κ3) is 4.00. The smallest absolute Gasteiger partial charge is 0.376 e. The van der Waals surface area contributed by atoms with Crippen LogP contribution in [0.1, 0.15) is 17.0 Å². The van der Waals surface area contributed by atoms with Gasteiger partial charge >= 0.3 is 5.97 Å². The maximum Gasteiger partial charge on any atom is 0.376 e. The maximum absolute atomic E-state index is 12.3. The van der Waals surface area contributed by atoms with E-state index in [4.69, 9.17) is 9.15 Å². The first-order valence-corrected chi connectivity index (χ1v) is 8.61. The SMILES string of the molecule is COC(=O)c1oc2ccccc2c1NC(=O)CCSc1ccccn1. The van der Waals surface area contributed by atoms with E-state index in [1.807, 2.05) is 24.3 Å². The molecule has 0 atom stereocenters. The summed E-state index contributed by atoms with van der Waals surface area (Å²) in [5, 5.41) is 4.29. The Labute approximate surface area is 148 Å². The molecular formula is C18H16N2O4S. The standard InChI is InChI=1S/C18H16N2O4S/c1-23-18(22)17-16(12-6-2-3-7-13(12)24-17)20-14(21)9-11-25-15-8-4-5-10-19-15/h2-8,10H,9,11H2,1H3,(H,20,21). The number of rotatable bonds is 6. The van der Waals surface area contributed by atoms with Crippen molar-refractivity contribution in [3.63, 3.8) is 0 Å². The number of thioether (sulfide) groups is 1. The Kier molecular flexibility index (Phi) is 5.35. The summed E-state index contributed by atoms with van der Waals surface area (Å²) in [6.07, 6.45) is 1.99. The lowest BCUT2D eigenvalue weighted by Gasteiger charge is -2.05. The van der Waals surface area contributed by atoms with Crippen molar-refractivity contribution in [2.75, 3.05) is 18.2 Å². The Morgan fingerprint density at radius 3 is 2.76 bits per heavy atom.